The summed E-state index contributed by atoms with van der Waals surface area (Å²) in [4.78, 5) is 0. The van der Waals surface area contributed by atoms with Crippen LogP contribution < -0.4 is 0 Å². The molecule has 0 atom stereocenters. The second-order valence-electron chi connectivity index (χ2n) is 5.88. The van der Waals surface area contributed by atoms with Crippen LogP contribution in [-0.2, 0) is 4.74 Å². The summed E-state index contributed by atoms with van der Waals surface area (Å²) < 4.78 is 5.10. The third-order valence-electron chi connectivity index (χ3n) is 4.47. The monoisotopic (exact) mass is 314 g/mol. The highest BCUT2D eigenvalue weighted by Gasteiger charge is 2.22. The predicted molar refractivity (Wildman–Crippen MR) is 86.9 cm³/mol. The van der Waals surface area contributed by atoms with Gasteiger partial charge in [-0.2, -0.15) is 0 Å². The highest BCUT2D eigenvalue weighted by atomic mass is 35.5. The second-order valence-corrected chi connectivity index (χ2v) is 6.69. The Balaban J connectivity index is 1.77. The molecule has 1 fully saturated rings. The molecule has 20 heavy (non-hydrogen) atoms. The Kier molecular flexibility index (Phi) is 6.67. The van der Waals surface area contributed by atoms with Crippen molar-refractivity contribution in [2.45, 2.75) is 50.9 Å². The molecule has 2 rings (SSSR count). The number of halogens is 2. The van der Waals surface area contributed by atoms with E-state index in [0.717, 1.165) is 12.5 Å². The van der Waals surface area contributed by atoms with E-state index < -0.39 is 0 Å². The molecular formula is C17H24Cl2O. The third kappa shape index (κ3) is 4.65. The highest BCUT2D eigenvalue weighted by molar-refractivity contribution is 6.42. The van der Waals surface area contributed by atoms with Crippen LogP contribution in [0.2, 0.25) is 10.0 Å². The van der Waals surface area contributed by atoms with Crippen molar-refractivity contribution in [3.8, 4) is 0 Å². The normalized spacial score (nSPS) is 22.9. The molecular weight excluding hydrogens is 291 g/mol. The maximum Gasteiger partial charge on any atom is 0.0595 e. The van der Waals surface area contributed by atoms with Gasteiger partial charge in [-0.1, -0.05) is 42.1 Å². The van der Waals surface area contributed by atoms with E-state index in [1.165, 1.54) is 50.5 Å². The fourth-order valence-electron chi connectivity index (χ4n) is 3.23. The van der Waals surface area contributed by atoms with Crippen LogP contribution in [0.25, 0.3) is 0 Å². The molecule has 0 amide bonds. The fraction of sp³-hybridized carbons (Fsp3) is 0.647. The highest BCUT2D eigenvalue weighted by Crippen LogP contribution is 2.39. The number of hydrogen-bond acceptors (Lipinski definition) is 1. The van der Waals surface area contributed by atoms with Gasteiger partial charge >= 0.3 is 0 Å². The molecule has 0 unspecified atom stereocenters. The van der Waals surface area contributed by atoms with Crippen molar-refractivity contribution in [2.75, 3.05) is 13.7 Å². The molecule has 1 aromatic carbocycles. The van der Waals surface area contributed by atoms with E-state index in [-0.39, 0.29) is 0 Å². The minimum atomic E-state index is 0.655. The van der Waals surface area contributed by atoms with Gasteiger partial charge in [0.2, 0.25) is 0 Å². The van der Waals surface area contributed by atoms with E-state index >= 15 is 0 Å². The lowest BCUT2D eigenvalue weighted by molar-refractivity contribution is 0.187. The molecule has 0 bridgehead atoms. The van der Waals surface area contributed by atoms with E-state index in [0.29, 0.717) is 16.0 Å². The molecule has 0 heterocycles. The number of benzene rings is 1. The lowest BCUT2D eigenvalue weighted by Crippen LogP contribution is -2.13. The first-order valence-electron chi connectivity index (χ1n) is 7.64. The van der Waals surface area contributed by atoms with Crippen LogP contribution in [0, 0.1) is 5.92 Å². The number of ether oxygens (including phenoxy) is 1. The number of hydrogen-bond donors (Lipinski definition) is 0. The van der Waals surface area contributed by atoms with Crippen molar-refractivity contribution in [3.05, 3.63) is 33.8 Å². The summed E-state index contributed by atoms with van der Waals surface area (Å²) >= 11 is 12.1. The fourth-order valence-corrected chi connectivity index (χ4v) is 3.54. The van der Waals surface area contributed by atoms with E-state index in [1.807, 2.05) is 12.1 Å². The quantitative estimate of drug-likeness (QED) is 0.578. The Bertz CT molecular complexity index is 411. The van der Waals surface area contributed by atoms with Crippen LogP contribution in [0.4, 0.5) is 0 Å². The minimum absolute atomic E-state index is 0.655. The van der Waals surface area contributed by atoms with Gasteiger partial charge in [-0.25, -0.2) is 0 Å². The summed E-state index contributed by atoms with van der Waals surface area (Å²) in [6, 6.07) is 6.11. The largest absolute Gasteiger partial charge is 0.385 e. The van der Waals surface area contributed by atoms with Crippen LogP contribution in [-0.4, -0.2) is 13.7 Å². The van der Waals surface area contributed by atoms with E-state index in [2.05, 4.69) is 6.07 Å². The first kappa shape index (κ1) is 16.1. The van der Waals surface area contributed by atoms with Crippen molar-refractivity contribution >= 4 is 23.2 Å². The number of unbranched alkanes of at least 4 members (excludes halogenated alkanes) is 1. The van der Waals surface area contributed by atoms with E-state index in [4.69, 9.17) is 27.9 Å². The minimum Gasteiger partial charge on any atom is -0.385 e. The molecule has 112 valence electrons. The molecule has 3 heteroatoms. The average molecular weight is 315 g/mol. The topological polar surface area (TPSA) is 9.23 Å². The molecule has 1 aliphatic carbocycles. The van der Waals surface area contributed by atoms with Gasteiger partial charge in [0.25, 0.3) is 0 Å². The Hall–Kier alpha value is -0.240. The molecule has 1 aliphatic rings. The van der Waals surface area contributed by atoms with Crippen LogP contribution in [0.5, 0.6) is 0 Å². The zero-order chi connectivity index (χ0) is 14.4. The van der Waals surface area contributed by atoms with Crippen LogP contribution >= 0.6 is 23.2 Å². The summed E-state index contributed by atoms with van der Waals surface area (Å²) in [7, 11) is 1.78. The predicted octanol–water partition coefficient (Wildman–Crippen LogP) is 6.08. The molecule has 1 nitrogen and oxygen atoms in total. The summed E-state index contributed by atoms with van der Waals surface area (Å²) in [6.45, 7) is 0.901. The molecule has 0 saturated heterocycles. The van der Waals surface area contributed by atoms with Crippen LogP contribution in [0.1, 0.15) is 56.4 Å². The molecule has 0 aromatic heterocycles. The lowest BCUT2D eigenvalue weighted by Gasteiger charge is -2.29. The van der Waals surface area contributed by atoms with Gasteiger partial charge in [-0.05, 0) is 61.6 Å². The molecule has 0 radical (unpaired) electrons. The smallest absolute Gasteiger partial charge is 0.0595 e. The van der Waals surface area contributed by atoms with Gasteiger partial charge in [0, 0.05) is 13.7 Å². The standard InChI is InChI=1S/C17H24Cl2O/c1-20-11-3-2-4-13-5-7-14(8-6-13)15-9-10-16(18)17(19)12-15/h9-10,12-14H,2-8,11H2,1H3. The summed E-state index contributed by atoms with van der Waals surface area (Å²) in [5.74, 6) is 1.57. The van der Waals surface area contributed by atoms with Crippen molar-refractivity contribution in [1.29, 1.82) is 0 Å². The lowest BCUT2D eigenvalue weighted by atomic mass is 9.77. The van der Waals surface area contributed by atoms with Gasteiger partial charge in [-0.15, -0.1) is 0 Å². The van der Waals surface area contributed by atoms with Crippen LogP contribution in [0.15, 0.2) is 18.2 Å². The third-order valence-corrected chi connectivity index (χ3v) is 5.21. The van der Waals surface area contributed by atoms with E-state index in [9.17, 15) is 0 Å². The maximum absolute atomic E-state index is 6.12. The number of methoxy groups -OCH3 is 1. The first-order chi connectivity index (χ1) is 9.70. The van der Waals surface area contributed by atoms with Gasteiger partial charge in [0.15, 0.2) is 0 Å². The van der Waals surface area contributed by atoms with Gasteiger partial charge in [0.05, 0.1) is 10.0 Å². The Morgan fingerprint density at radius 3 is 2.45 bits per heavy atom. The van der Waals surface area contributed by atoms with Crippen molar-refractivity contribution in [2.24, 2.45) is 5.92 Å². The van der Waals surface area contributed by atoms with Crippen molar-refractivity contribution in [1.82, 2.24) is 0 Å². The zero-order valence-electron chi connectivity index (χ0n) is 12.2. The average Bonchev–Trinajstić information content (AvgIpc) is 2.47. The first-order valence-corrected chi connectivity index (χ1v) is 8.40. The molecule has 0 aliphatic heterocycles. The van der Waals surface area contributed by atoms with E-state index in [1.54, 1.807) is 7.11 Å². The van der Waals surface area contributed by atoms with Gasteiger partial charge < -0.3 is 4.74 Å². The summed E-state index contributed by atoms with van der Waals surface area (Å²) in [6.07, 6.45) is 9.12. The summed E-state index contributed by atoms with van der Waals surface area (Å²) in [5.41, 5.74) is 1.36. The Morgan fingerprint density at radius 1 is 1.05 bits per heavy atom. The second kappa shape index (κ2) is 8.26. The summed E-state index contributed by atoms with van der Waals surface area (Å²) in [5, 5.41) is 1.34. The Labute approximate surface area is 132 Å². The maximum atomic E-state index is 6.12. The molecule has 0 N–H and O–H groups in total. The number of rotatable bonds is 6. The Morgan fingerprint density at radius 2 is 1.80 bits per heavy atom. The van der Waals surface area contributed by atoms with Gasteiger partial charge in [0.1, 0.15) is 0 Å². The molecule has 1 aromatic rings. The van der Waals surface area contributed by atoms with Crippen molar-refractivity contribution < 1.29 is 4.74 Å². The van der Waals surface area contributed by atoms with Crippen molar-refractivity contribution in [3.63, 3.8) is 0 Å². The molecule has 1 saturated carbocycles. The SMILES string of the molecule is COCCCCC1CCC(c2ccc(Cl)c(Cl)c2)CC1. The van der Waals surface area contributed by atoms with Gasteiger partial charge in [-0.3, -0.25) is 0 Å². The molecule has 0 spiro atoms. The zero-order valence-corrected chi connectivity index (χ0v) is 13.7. The van der Waals surface area contributed by atoms with Crippen LogP contribution in [0.3, 0.4) is 0 Å².